The molecule has 1 aliphatic rings. The molecule has 3 heteroatoms. The average Bonchev–Trinajstić information content (AvgIpc) is 2.35. The lowest BCUT2D eigenvalue weighted by atomic mass is 9.88. The van der Waals surface area contributed by atoms with Crippen LogP contribution in [0.5, 0.6) is 0 Å². The molecular weight excluding hydrogens is 248 g/mol. The first-order valence-electron chi connectivity index (χ1n) is 8.54. The molecule has 0 saturated carbocycles. The van der Waals surface area contributed by atoms with Crippen molar-refractivity contribution in [1.82, 2.24) is 10.2 Å². The Labute approximate surface area is 126 Å². The highest BCUT2D eigenvalue weighted by Gasteiger charge is 2.28. The second-order valence-corrected chi connectivity index (χ2v) is 7.51. The third-order valence-electron chi connectivity index (χ3n) is 4.13. The zero-order valence-corrected chi connectivity index (χ0v) is 14.2. The molecule has 3 unspecified atom stereocenters. The summed E-state index contributed by atoms with van der Waals surface area (Å²) < 4.78 is 0. The van der Waals surface area contributed by atoms with Crippen LogP contribution < -0.4 is 5.32 Å². The van der Waals surface area contributed by atoms with Gasteiger partial charge in [-0.25, -0.2) is 0 Å². The van der Waals surface area contributed by atoms with Gasteiger partial charge in [0.25, 0.3) is 0 Å². The maximum Gasteiger partial charge on any atom is 0.0540 e. The van der Waals surface area contributed by atoms with Crippen molar-refractivity contribution in [3.63, 3.8) is 0 Å². The third kappa shape index (κ3) is 7.05. The Morgan fingerprint density at radius 3 is 2.40 bits per heavy atom. The minimum atomic E-state index is -0.121. The van der Waals surface area contributed by atoms with Gasteiger partial charge in [0.2, 0.25) is 0 Å². The lowest BCUT2D eigenvalue weighted by Crippen LogP contribution is -2.51. The maximum absolute atomic E-state index is 9.94. The summed E-state index contributed by atoms with van der Waals surface area (Å²) in [6.45, 7) is 15.8. The molecule has 0 aromatic carbocycles. The number of nitrogens with one attached hydrogen (secondary N) is 1. The molecule has 2 N–H and O–H groups in total. The van der Waals surface area contributed by atoms with Crippen LogP contribution in [-0.2, 0) is 0 Å². The first-order valence-corrected chi connectivity index (χ1v) is 8.54. The Morgan fingerprint density at radius 2 is 1.85 bits per heavy atom. The van der Waals surface area contributed by atoms with E-state index in [4.69, 9.17) is 0 Å². The van der Waals surface area contributed by atoms with E-state index in [0.717, 1.165) is 31.8 Å². The minimum absolute atomic E-state index is 0.121. The Balaban J connectivity index is 2.52. The number of nitrogens with zero attached hydrogens (tertiary/aromatic N) is 1. The van der Waals surface area contributed by atoms with Crippen molar-refractivity contribution < 1.29 is 5.11 Å². The first-order chi connectivity index (χ1) is 9.40. The maximum atomic E-state index is 9.94. The van der Waals surface area contributed by atoms with Crippen LogP contribution in [0.3, 0.4) is 0 Å². The van der Waals surface area contributed by atoms with Crippen LogP contribution in [0.1, 0.15) is 53.9 Å². The van der Waals surface area contributed by atoms with E-state index in [0.29, 0.717) is 17.9 Å². The van der Waals surface area contributed by atoms with E-state index >= 15 is 0 Å². The van der Waals surface area contributed by atoms with Gasteiger partial charge in [0.15, 0.2) is 0 Å². The van der Waals surface area contributed by atoms with E-state index in [2.05, 4.69) is 44.8 Å². The van der Waals surface area contributed by atoms with Crippen molar-refractivity contribution in [3.05, 3.63) is 0 Å². The van der Waals surface area contributed by atoms with Gasteiger partial charge in [-0.2, -0.15) is 0 Å². The number of likely N-dealkylation sites (tertiary alicyclic amines) is 1. The van der Waals surface area contributed by atoms with Crippen LogP contribution in [0.25, 0.3) is 0 Å². The molecule has 120 valence electrons. The standard InChI is InChI=1S/C17H36N2O/c1-6-17(20)8-15-7-16(18-9-13(2)3)12-19(11-15)10-14(4)5/h13-18,20H,6-12H2,1-5H3. The molecule has 0 amide bonds. The molecular formula is C17H36N2O. The Kier molecular flexibility index (Phi) is 8.08. The van der Waals surface area contributed by atoms with Crippen molar-refractivity contribution in [1.29, 1.82) is 0 Å². The number of rotatable bonds is 8. The molecule has 1 aliphatic heterocycles. The van der Waals surface area contributed by atoms with E-state index in [-0.39, 0.29) is 6.10 Å². The summed E-state index contributed by atoms with van der Waals surface area (Å²) >= 11 is 0. The highest BCUT2D eigenvalue weighted by Crippen LogP contribution is 2.23. The van der Waals surface area contributed by atoms with Crippen LogP contribution >= 0.6 is 0 Å². The highest BCUT2D eigenvalue weighted by atomic mass is 16.3. The molecule has 1 saturated heterocycles. The SMILES string of the molecule is CCC(O)CC1CC(NCC(C)C)CN(CC(C)C)C1. The number of aliphatic hydroxyl groups excluding tert-OH is 1. The van der Waals surface area contributed by atoms with Gasteiger partial charge < -0.3 is 15.3 Å². The topological polar surface area (TPSA) is 35.5 Å². The van der Waals surface area contributed by atoms with Crippen molar-refractivity contribution in [2.75, 3.05) is 26.2 Å². The predicted molar refractivity (Wildman–Crippen MR) is 86.9 cm³/mol. The van der Waals surface area contributed by atoms with Crippen LogP contribution in [0, 0.1) is 17.8 Å². The first kappa shape index (κ1) is 17.9. The second-order valence-electron chi connectivity index (χ2n) is 7.51. The molecule has 0 aliphatic carbocycles. The molecule has 20 heavy (non-hydrogen) atoms. The quantitative estimate of drug-likeness (QED) is 0.719. The average molecular weight is 284 g/mol. The largest absolute Gasteiger partial charge is 0.393 e. The fraction of sp³-hybridized carbons (Fsp3) is 1.00. The second kappa shape index (κ2) is 9.01. The zero-order chi connectivity index (χ0) is 15.1. The summed E-state index contributed by atoms with van der Waals surface area (Å²) in [5.41, 5.74) is 0. The van der Waals surface area contributed by atoms with E-state index in [9.17, 15) is 5.11 Å². The van der Waals surface area contributed by atoms with Gasteiger partial charge in [0, 0.05) is 25.7 Å². The predicted octanol–water partition coefficient (Wildman–Crippen LogP) is 2.74. The molecule has 3 nitrogen and oxygen atoms in total. The smallest absolute Gasteiger partial charge is 0.0540 e. The number of hydrogen-bond acceptors (Lipinski definition) is 3. The summed E-state index contributed by atoms with van der Waals surface area (Å²) in [7, 11) is 0. The molecule has 0 spiro atoms. The summed E-state index contributed by atoms with van der Waals surface area (Å²) in [5.74, 6) is 2.06. The molecule has 3 atom stereocenters. The lowest BCUT2D eigenvalue weighted by Gasteiger charge is -2.40. The molecule has 0 bridgehead atoms. The molecule has 1 rings (SSSR count). The van der Waals surface area contributed by atoms with Crippen molar-refractivity contribution in [2.45, 2.75) is 66.0 Å². The lowest BCUT2D eigenvalue weighted by molar-refractivity contribution is 0.0779. The number of piperidine rings is 1. The fourth-order valence-corrected chi connectivity index (χ4v) is 3.24. The van der Waals surface area contributed by atoms with Crippen molar-refractivity contribution >= 4 is 0 Å². The Bertz CT molecular complexity index is 255. The summed E-state index contributed by atoms with van der Waals surface area (Å²) in [6, 6.07) is 0.596. The highest BCUT2D eigenvalue weighted by molar-refractivity contribution is 4.85. The molecule has 0 radical (unpaired) electrons. The summed E-state index contributed by atoms with van der Waals surface area (Å²) in [5, 5.41) is 13.7. The van der Waals surface area contributed by atoms with Crippen LogP contribution in [-0.4, -0.2) is 48.3 Å². The third-order valence-corrected chi connectivity index (χ3v) is 4.13. The van der Waals surface area contributed by atoms with Gasteiger partial charge in [-0.3, -0.25) is 0 Å². The fourth-order valence-electron chi connectivity index (χ4n) is 3.24. The van der Waals surface area contributed by atoms with Crippen LogP contribution in [0.15, 0.2) is 0 Å². The van der Waals surface area contributed by atoms with E-state index in [1.54, 1.807) is 0 Å². The normalized spacial score (nSPS) is 26.4. The summed E-state index contributed by atoms with van der Waals surface area (Å²) in [6.07, 6.45) is 2.94. The Morgan fingerprint density at radius 1 is 1.15 bits per heavy atom. The molecule has 1 fully saturated rings. The van der Waals surface area contributed by atoms with Gasteiger partial charge in [0.05, 0.1) is 6.10 Å². The van der Waals surface area contributed by atoms with Gasteiger partial charge in [0.1, 0.15) is 0 Å². The number of hydrogen-bond donors (Lipinski definition) is 2. The van der Waals surface area contributed by atoms with E-state index in [1.165, 1.54) is 19.5 Å². The summed E-state index contributed by atoms with van der Waals surface area (Å²) in [4.78, 5) is 2.60. The number of aliphatic hydroxyl groups is 1. The van der Waals surface area contributed by atoms with Gasteiger partial charge in [-0.05, 0) is 43.6 Å². The van der Waals surface area contributed by atoms with E-state index < -0.39 is 0 Å². The molecule has 0 aromatic rings. The zero-order valence-electron chi connectivity index (χ0n) is 14.2. The van der Waals surface area contributed by atoms with Crippen LogP contribution in [0.2, 0.25) is 0 Å². The van der Waals surface area contributed by atoms with Crippen LogP contribution in [0.4, 0.5) is 0 Å². The van der Waals surface area contributed by atoms with Crippen molar-refractivity contribution in [2.24, 2.45) is 17.8 Å². The monoisotopic (exact) mass is 284 g/mol. The Hall–Kier alpha value is -0.120. The molecule has 1 heterocycles. The van der Waals surface area contributed by atoms with Gasteiger partial charge >= 0.3 is 0 Å². The van der Waals surface area contributed by atoms with Gasteiger partial charge in [-0.1, -0.05) is 34.6 Å². The van der Waals surface area contributed by atoms with E-state index in [1.807, 2.05) is 0 Å². The van der Waals surface area contributed by atoms with Gasteiger partial charge in [-0.15, -0.1) is 0 Å². The van der Waals surface area contributed by atoms with Crippen molar-refractivity contribution in [3.8, 4) is 0 Å². The molecule has 0 aromatic heterocycles. The minimum Gasteiger partial charge on any atom is -0.393 e.